The van der Waals surface area contributed by atoms with Gasteiger partial charge in [-0.25, -0.2) is 17.9 Å². The first-order chi connectivity index (χ1) is 19.2. The number of hydrogen-bond donors (Lipinski definition) is 4. The molecular formula is C25H28F3N5O7. The Morgan fingerprint density at radius 3 is 2.48 bits per heavy atom. The molecule has 1 aliphatic heterocycles. The third-order valence-electron chi connectivity index (χ3n) is 7.44. The third-order valence-corrected chi connectivity index (χ3v) is 7.44. The van der Waals surface area contributed by atoms with Crippen molar-refractivity contribution < 1.29 is 47.7 Å². The van der Waals surface area contributed by atoms with Crippen LogP contribution in [0.1, 0.15) is 37.3 Å². The van der Waals surface area contributed by atoms with Gasteiger partial charge in [-0.1, -0.05) is 23.2 Å². The highest BCUT2D eigenvalue weighted by Crippen LogP contribution is 2.34. The smallest absolute Gasteiger partial charge is 0.255 e. The van der Waals surface area contributed by atoms with Crippen molar-refractivity contribution in [2.24, 2.45) is 0 Å². The van der Waals surface area contributed by atoms with Gasteiger partial charge in [0.25, 0.3) is 5.91 Å². The van der Waals surface area contributed by atoms with Gasteiger partial charge in [0, 0.05) is 11.1 Å². The largest absolute Gasteiger partial charge is 0.394 e. The number of aliphatic hydroxyl groups is 4. The van der Waals surface area contributed by atoms with Crippen LogP contribution in [0.15, 0.2) is 35.3 Å². The van der Waals surface area contributed by atoms with E-state index in [1.807, 2.05) is 0 Å². The quantitative estimate of drug-likeness (QED) is 0.299. The number of nitrogens with zero attached hydrogens (tertiary/aromatic N) is 5. The Hall–Kier alpha value is -3.37. The molecule has 12 nitrogen and oxygen atoms in total. The molecule has 0 radical (unpaired) electrons. The predicted octanol–water partition coefficient (Wildman–Crippen LogP) is 0.705. The molecule has 2 fully saturated rings. The minimum atomic E-state index is -1.73. The van der Waals surface area contributed by atoms with Crippen molar-refractivity contribution in [1.29, 1.82) is 0 Å². The van der Waals surface area contributed by atoms with Crippen LogP contribution in [0.5, 0.6) is 0 Å². The number of carbonyl (C=O) groups is 1. The number of ether oxygens (including phenoxy) is 1. The van der Waals surface area contributed by atoms with E-state index >= 15 is 0 Å². The van der Waals surface area contributed by atoms with E-state index in [4.69, 9.17) is 9.26 Å². The molecule has 4 N–H and O–H groups in total. The van der Waals surface area contributed by atoms with Crippen molar-refractivity contribution in [1.82, 2.24) is 25.1 Å². The molecule has 1 aromatic carbocycles. The number of hydrogen-bond acceptors (Lipinski definition) is 10. The van der Waals surface area contributed by atoms with Crippen molar-refractivity contribution in [2.45, 2.75) is 74.8 Å². The zero-order valence-electron chi connectivity index (χ0n) is 21.1. The highest BCUT2D eigenvalue weighted by atomic mass is 19.2. The second-order valence-corrected chi connectivity index (χ2v) is 10.0. The normalized spacial score (nSPS) is 28.9. The molecule has 1 saturated heterocycles. The zero-order chi connectivity index (χ0) is 28.6. The van der Waals surface area contributed by atoms with E-state index in [9.17, 15) is 38.4 Å². The van der Waals surface area contributed by atoms with E-state index in [1.165, 1.54) is 17.4 Å². The van der Waals surface area contributed by atoms with Crippen LogP contribution >= 0.6 is 0 Å². The van der Waals surface area contributed by atoms with Crippen molar-refractivity contribution in [3.05, 3.63) is 53.8 Å². The molecule has 3 heterocycles. The third kappa shape index (κ3) is 5.34. The highest BCUT2D eigenvalue weighted by Gasteiger charge is 2.50. The summed E-state index contributed by atoms with van der Waals surface area (Å²) in [5.74, 6) is -5.26. The maximum atomic E-state index is 13.9. The van der Waals surface area contributed by atoms with Gasteiger partial charge in [-0.15, -0.1) is 5.10 Å². The highest BCUT2D eigenvalue weighted by molar-refractivity contribution is 5.82. The van der Waals surface area contributed by atoms with E-state index in [0.717, 1.165) is 23.7 Å². The van der Waals surface area contributed by atoms with Crippen LogP contribution in [-0.2, 0) is 16.1 Å². The van der Waals surface area contributed by atoms with Crippen molar-refractivity contribution in [3.63, 3.8) is 0 Å². The Morgan fingerprint density at radius 2 is 1.82 bits per heavy atom. The predicted molar refractivity (Wildman–Crippen MR) is 127 cm³/mol. The fraction of sp³-hybridized carbons (Fsp3) is 0.520. The van der Waals surface area contributed by atoms with E-state index in [-0.39, 0.29) is 17.8 Å². The summed E-state index contributed by atoms with van der Waals surface area (Å²) in [7, 11) is 0. The Labute approximate surface area is 225 Å². The molecule has 2 aromatic heterocycles. The van der Waals surface area contributed by atoms with Crippen molar-refractivity contribution in [3.8, 4) is 11.3 Å². The first-order valence-electron chi connectivity index (χ1n) is 12.8. The van der Waals surface area contributed by atoms with Crippen LogP contribution in [0.3, 0.4) is 0 Å². The molecule has 3 aromatic rings. The summed E-state index contributed by atoms with van der Waals surface area (Å²) in [5, 5.41) is 54.1. The van der Waals surface area contributed by atoms with Gasteiger partial charge in [-0.3, -0.25) is 4.79 Å². The fourth-order valence-electron chi connectivity index (χ4n) is 5.36. The van der Waals surface area contributed by atoms with Crippen LogP contribution in [0.2, 0.25) is 0 Å². The number of amides is 1. The Bertz CT molecular complexity index is 1300. The minimum Gasteiger partial charge on any atom is -0.394 e. The molecule has 1 amide bonds. The maximum absolute atomic E-state index is 13.9. The molecule has 0 spiro atoms. The lowest BCUT2D eigenvalue weighted by Gasteiger charge is -2.45. The minimum absolute atomic E-state index is 0.0111. The van der Waals surface area contributed by atoms with Gasteiger partial charge in [-0.05, 0) is 25.0 Å². The van der Waals surface area contributed by atoms with E-state index < -0.39 is 72.6 Å². The lowest BCUT2D eigenvalue weighted by atomic mass is 9.88. The second kappa shape index (κ2) is 11.6. The second-order valence-electron chi connectivity index (χ2n) is 10.0. The van der Waals surface area contributed by atoms with Gasteiger partial charge in [0.15, 0.2) is 23.6 Å². The Balaban J connectivity index is 1.46. The zero-order valence-corrected chi connectivity index (χ0v) is 21.1. The van der Waals surface area contributed by atoms with Gasteiger partial charge in [0.2, 0.25) is 0 Å². The summed E-state index contributed by atoms with van der Waals surface area (Å²) in [6.07, 6.45) is -0.650. The van der Waals surface area contributed by atoms with Gasteiger partial charge in [-0.2, -0.15) is 0 Å². The molecule has 40 heavy (non-hydrogen) atoms. The first-order valence-corrected chi connectivity index (χ1v) is 12.8. The van der Waals surface area contributed by atoms with Gasteiger partial charge >= 0.3 is 0 Å². The lowest BCUT2D eigenvalue weighted by molar-refractivity contribution is -0.214. The average Bonchev–Trinajstić information content (AvgIpc) is 3.63. The van der Waals surface area contributed by atoms with Gasteiger partial charge in [0.05, 0.1) is 37.7 Å². The molecule has 1 saturated carbocycles. The molecule has 7 atom stereocenters. The number of aromatic nitrogens is 4. The SMILES string of the molecule is O=C([C@@H]1O[C@H](CO)[C@H](O)[C@H](n2cc(-c3cc(F)c(F)c(F)c3)nn2)[C@H]1O)N(Cc1cnoc1)[C@H]1CCCC[C@@H]1O. The van der Waals surface area contributed by atoms with Crippen LogP contribution in [-0.4, -0.2) is 94.6 Å². The number of benzene rings is 1. The number of aliphatic hydroxyl groups excluding tert-OH is 4. The summed E-state index contributed by atoms with van der Waals surface area (Å²) in [6.45, 7) is -0.732. The number of carbonyl (C=O) groups excluding carboxylic acids is 1. The van der Waals surface area contributed by atoms with E-state index in [0.29, 0.717) is 30.5 Å². The Morgan fingerprint density at radius 1 is 1.10 bits per heavy atom. The van der Waals surface area contributed by atoms with Crippen LogP contribution < -0.4 is 0 Å². The molecular weight excluding hydrogens is 539 g/mol. The topological polar surface area (TPSA) is 167 Å². The molecule has 0 unspecified atom stereocenters. The van der Waals surface area contributed by atoms with E-state index in [1.54, 1.807) is 0 Å². The van der Waals surface area contributed by atoms with E-state index in [2.05, 4.69) is 15.5 Å². The standard InChI is InChI=1S/C25H28F3N5O7/c26-14-5-13(6-15(27)20(14)28)16-9-33(31-30-16)21-22(36)19(10-34)40-24(23(21)37)25(38)32(8-12-7-29-39-11-12)17-3-1-2-4-18(17)35/h5-7,9,11,17-19,21-24,34-37H,1-4,8,10H2/t17-,18-,19+,21-,22-,23+,24+/m0/s1. The first kappa shape index (κ1) is 28.2. The molecule has 15 heteroatoms. The maximum Gasteiger partial charge on any atom is 0.255 e. The number of halogens is 3. The van der Waals surface area contributed by atoms with Crippen LogP contribution in [0.25, 0.3) is 11.3 Å². The van der Waals surface area contributed by atoms with Crippen molar-refractivity contribution >= 4 is 5.91 Å². The van der Waals surface area contributed by atoms with Crippen molar-refractivity contribution in [2.75, 3.05) is 6.61 Å². The summed E-state index contributed by atoms with van der Waals surface area (Å²) in [4.78, 5) is 15.3. The molecule has 5 rings (SSSR count). The summed E-state index contributed by atoms with van der Waals surface area (Å²) in [6, 6.07) is -0.564. The fourth-order valence-corrected chi connectivity index (χ4v) is 5.36. The molecule has 1 aliphatic carbocycles. The number of rotatable bonds is 7. The summed E-state index contributed by atoms with van der Waals surface area (Å²) >= 11 is 0. The van der Waals surface area contributed by atoms with Crippen LogP contribution in [0.4, 0.5) is 13.2 Å². The summed E-state index contributed by atoms with van der Waals surface area (Å²) in [5.41, 5.74) is 0.272. The average molecular weight is 568 g/mol. The van der Waals surface area contributed by atoms with Crippen LogP contribution in [0, 0.1) is 17.5 Å². The van der Waals surface area contributed by atoms with Gasteiger partial charge in [0.1, 0.15) is 36.3 Å². The monoisotopic (exact) mass is 567 g/mol. The van der Waals surface area contributed by atoms with Gasteiger partial charge < -0.3 is 34.6 Å². The molecule has 0 bridgehead atoms. The molecule has 2 aliphatic rings. The Kier molecular flexibility index (Phi) is 8.19. The summed E-state index contributed by atoms with van der Waals surface area (Å²) < 4.78 is 52.5. The molecule has 216 valence electrons. The lowest BCUT2D eigenvalue weighted by Crippen LogP contribution is -2.62.